The molecule has 0 fully saturated rings. The quantitative estimate of drug-likeness (QED) is 0.720. The van der Waals surface area contributed by atoms with Crippen LogP contribution in [0.3, 0.4) is 0 Å². The molecule has 1 amide bonds. The Balaban J connectivity index is 1.81. The van der Waals surface area contributed by atoms with E-state index in [2.05, 4.69) is 20.5 Å². The summed E-state index contributed by atoms with van der Waals surface area (Å²) < 4.78 is 10.6. The van der Waals surface area contributed by atoms with E-state index >= 15 is 0 Å². The molecule has 128 valence electrons. The smallest absolute Gasteiger partial charge is 0.255 e. The minimum absolute atomic E-state index is 0.213. The maximum atomic E-state index is 12.5. The third-order valence-electron chi connectivity index (χ3n) is 3.76. The number of rotatable bonds is 6. The Kier molecular flexibility index (Phi) is 4.94. The lowest BCUT2D eigenvalue weighted by Crippen LogP contribution is -2.23. The number of aromatic nitrogens is 3. The first-order valence-electron chi connectivity index (χ1n) is 7.65. The van der Waals surface area contributed by atoms with E-state index in [1.165, 1.54) is 6.20 Å². The first-order chi connectivity index (χ1) is 12.2. The summed E-state index contributed by atoms with van der Waals surface area (Å²) in [6.07, 6.45) is 4.89. The first kappa shape index (κ1) is 16.5. The summed E-state index contributed by atoms with van der Waals surface area (Å²) in [5, 5.41) is 9.76. The summed E-state index contributed by atoms with van der Waals surface area (Å²) in [5.74, 6) is 0.988. The average Bonchev–Trinajstić information content (AvgIpc) is 3.16. The summed E-state index contributed by atoms with van der Waals surface area (Å²) >= 11 is 0. The zero-order chi connectivity index (χ0) is 17.6. The Morgan fingerprint density at radius 3 is 2.60 bits per heavy atom. The second-order valence-electron chi connectivity index (χ2n) is 5.27. The average molecular weight is 338 g/mol. The van der Waals surface area contributed by atoms with Gasteiger partial charge >= 0.3 is 0 Å². The van der Waals surface area contributed by atoms with Crippen LogP contribution in [0.4, 0.5) is 0 Å². The van der Waals surface area contributed by atoms with Crippen LogP contribution in [0.1, 0.15) is 15.9 Å². The van der Waals surface area contributed by atoms with E-state index in [9.17, 15) is 4.79 Å². The number of amides is 1. The molecule has 0 bridgehead atoms. The predicted octanol–water partition coefficient (Wildman–Crippen LogP) is 2.42. The summed E-state index contributed by atoms with van der Waals surface area (Å²) in [4.78, 5) is 16.5. The van der Waals surface area contributed by atoms with Crippen LogP contribution in [-0.2, 0) is 6.54 Å². The molecule has 25 heavy (non-hydrogen) atoms. The molecule has 0 saturated heterocycles. The number of methoxy groups -OCH3 is 2. The number of carbonyl (C=O) groups is 1. The van der Waals surface area contributed by atoms with Crippen LogP contribution in [0.5, 0.6) is 11.5 Å². The van der Waals surface area contributed by atoms with E-state index in [0.29, 0.717) is 29.3 Å². The SMILES string of the molecule is COc1ccc(-c2[nH]ncc2C(=O)NCc2ccncc2)cc1OC. The molecule has 7 nitrogen and oxygen atoms in total. The van der Waals surface area contributed by atoms with Gasteiger partial charge in [0.05, 0.1) is 31.7 Å². The molecule has 2 heterocycles. The molecule has 0 aliphatic carbocycles. The van der Waals surface area contributed by atoms with Gasteiger partial charge < -0.3 is 14.8 Å². The fourth-order valence-corrected chi connectivity index (χ4v) is 2.45. The zero-order valence-corrected chi connectivity index (χ0v) is 13.9. The Morgan fingerprint density at radius 1 is 1.12 bits per heavy atom. The van der Waals surface area contributed by atoms with Gasteiger partial charge in [-0.3, -0.25) is 14.9 Å². The van der Waals surface area contributed by atoms with Crippen LogP contribution >= 0.6 is 0 Å². The molecule has 0 unspecified atom stereocenters. The van der Waals surface area contributed by atoms with Crippen LogP contribution in [0.2, 0.25) is 0 Å². The van der Waals surface area contributed by atoms with E-state index in [4.69, 9.17) is 9.47 Å². The molecule has 3 aromatic rings. The van der Waals surface area contributed by atoms with Crippen molar-refractivity contribution in [3.63, 3.8) is 0 Å². The highest BCUT2D eigenvalue weighted by atomic mass is 16.5. The van der Waals surface area contributed by atoms with E-state index < -0.39 is 0 Å². The predicted molar refractivity (Wildman–Crippen MR) is 92.5 cm³/mol. The van der Waals surface area contributed by atoms with Crippen molar-refractivity contribution in [3.05, 3.63) is 60.0 Å². The number of benzene rings is 1. The molecule has 3 rings (SSSR count). The van der Waals surface area contributed by atoms with Crippen molar-refractivity contribution in [2.24, 2.45) is 0 Å². The zero-order valence-electron chi connectivity index (χ0n) is 13.9. The minimum Gasteiger partial charge on any atom is -0.493 e. The third kappa shape index (κ3) is 3.60. The van der Waals surface area contributed by atoms with Crippen molar-refractivity contribution in [2.75, 3.05) is 14.2 Å². The topological polar surface area (TPSA) is 89.1 Å². The Hall–Kier alpha value is -3.35. The van der Waals surface area contributed by atoms with E-state index in [1.54, 1.807) is 38.7 Å². The normalized spacial score (nSPS) is 10.3. The highest BCUT2D eigenvalue weighted by Crippen LogP contribution is 2.32. The van der Waals surface area contributed by atoms with E-state index in [-0.39, 0.29) is 5.91 Å². The molecule has 0 spiro atoms. The van der Waals surface area contributed by atoms with Gasteiger partial charge in [-0.25, -0.2) is 0 Å². The molecule has 0 atom stereocenters. The molecule has 2 aromatic heterocycles. The van der Waals surface area contributed by atoms with Gasteiger partial charge in [-0.2, -0.15) is 5.10 Å². The minimum atomic E-state index is -0.213. The highest BCUT2D eigenvalue weighted by Gasteiger charge is 2.16. The Morgan fingerprint density at radius 2 is 1.88 bits per heavy atom. The van der Waals surface area contributed by atoms with E-state index in [1.807, 2.05) is 18.2 Å². The highest BCUT2D eigenvalue weighted by molar-refractivity contribution is 5.99. The van der Waals surface area contributed by atoms with Gasteiger partial charge in [0.15, 0.2) is 11.5 Å². The molecule has 2 N–H and O–H groups in total. The number of ether oxygens (including phenoxy) is 2. The molecule has 1 aromatic carbocycles. The largest absolute Gasteiger partial charge is 0.493 e. The van der Waals surface area contributed by atoms with Crippen LogP contribution < -0.4 is 14.8 Å². The Bertz CT molecular complexity index is 862. The second kappa shape index (κ2) is 7.48. The first-order valence-corrected chi connectivity index (χ1v) is 7.65. The number of H-pyrrole nitrogens is 1. The van der Waals surface area contributed by atoms with Crippen molar-refractivity contribution in [3.8, 4) is 22.8 Å². The summed E-state index contributed by atoms with van der Waals surface area (Å²) in [7, 11) is 3.14. The van der Waals surface area contributed by atoms with Gasteiger partial charge in [0.25, 0.3) is 5.91 Å². The lowest BCUT2D eigenvalue weighted by molar-refractivity contribution is 0.0951. The Labute approximate surface area is 145 Å². The summed E-state index contributed by atoms with van der Waals surface area (Å²) in [6.45, 7) is 0.415. The summed E-state index contributed by atoms with van der Waals surface area (Å²) in [5.41, 5.74) is 2.83. The maximum absolute atomic E-state index is 12.5. The van der Waals surface area contributed by atoms with Gasteiger partial charge in [-0.05, 0) is 35.9 Å². The van der Waals surface area contributed by atoms with Crippen molar-refractivity contribution in [2.45, 2.75) is 6.54 Å². The lowest BCUT2D eigenvalue weighted by atomic mass is 10.1. The molecular weight excluding hydrogens is 320 g/mol. The molecule has 0 radical (unpaired) electrons. The molecule has 0 aliphatic rings. The van der Waals surface area contributed by atoms with Crippen molar-refractivity contribution >= 4 is 5.91 Å². The van der Waals surface area contributed by atoms with Gasteiger partial charge in [-0.15, -0.1) is 0 Å². The van der Waals surface area contributed by atoms with Crippen LogP contribution in [-0.4, -0.2) is 35.3 Å². The van der Waals surface area contributed by atoms with Crippen LogP contribution in [0.15, 0.2) is 48.9 Å². The number of nitrogens with one attached hydrogen (secondary N) is 2. The number of hydrogen-bond donors (Lipinski definition) is 2. The van der Waals surface area contributed by atoms with Crippen LogP contribution in [0, 0.1) is 0 Å². The van der Waals surface area contributed by atoms with Gasteiger partial charge in [0, 0.05) is 24.5 Å². The third-order valence-corrected chi connectivity index (χ3v) is 3.76. The maximum Gasteiger partial charge on any atom is 0.255 e. The van der Waals surface area contributed by atoms with Crippen LogP contribution in [0.25, 0.3) is 11.3 Å². The number of carbonyl (C=O) groups excluding carboxylic acids is 1. The molecule has 0 aliphatic heterocycles. The fourth-order valence-electron chi connectivity index (χ4n) is 2.45. The molecular formula is C18H18N4O3. The molecule has 7 heteroatoms. The standard InChI is InChI=1S/C18H18N4O3/c1-24-15-4-3-13(9-16(15)25-2)17-14(11-21-22-17)18(23)20-10-12-5-7-19-8-6-12/h3-9,11H,10H2,1-2H3,(H,20,23)(H,21,22). The summed E-state index contributed by atoms with van der Waals surface area (Å²) in [6, 6.07) is 9.13. The van der Waals surface area contributed by atoms with Crippen molar-refractivity contribution < 1.29 is 14.3 Å². The van der Waals surface area contributed by atoms with Crippen molar-refractivity contribution in [1.29, 1.82) is 0 Å². The van der Waals surface area contributed by atoms with Gasteiger partial charge in [0.1, 0.15) is 0 Å². The second-order valence-corrected chi connectivity index (χ2v) is 5.27. The van der Waals surface area contributed by atoms with E-state index in [0.717, 1.165) is 11.1 Å². The monoisotopic (exact) mass is 338 g/mol. The molecule has 0 saturated carbocycles. The number of pyridine rings is 1. The number of aromatic amines is 1. The number of nitrogens with zero attached hydrogens (tertiary/aromatic N) is 2. The number of hydrogen-bond acceptors (Lipinski definition) is 5. The van der Waals surface area contributed by atoms with Gasteiger partial charge in [0.2, 0.25) is 0 Å². The fraction of sp³-hybridized carbons (Fsp3) is 0.167. The lowest BCUT2D eigenvalue weighted by Gasteiger charge is -2.10. The van der Waals surface area contributed by atoms with Crippen molar-refractivity contribution in [1.82, 2.24) is 20.5 Å². The van der Waals surface area contributed by atoms with Gasteiger partial charge in [-0.1, -0.05) is 0 Å².